The van der Waals surface area contributed by atoms with E-state index in [0.29, 0.717) is 12.1 Å². The predicted molar refractivity (Wildman–Crippen MR) is 81.4 cm³/mol. The zero-order valence-corrected chi connectivity index (χ0v) is 13.4. The molecule has 2 atom stereocenters. The Hall–Kier alpha value is 0.1000. The van der Waals surface area contributed by atoms with Crippen LogP contribution in [0, 0.1) is 0 Å². The molecule has 2 nitrogen and oxygen atoms in total. The van der Waals surface area contributed by atoms with Crippen LogP contribution in [0.3, 0.4) is 0 Å². The molecule has 4 heteroatoms. The van der Waals surface area contributed by atoms with Crippen LogP contribution in [0.25, 0.3) is 0 Å². The summed E-state index contributed by atoms with van der Waals surface area (Å²) in [5.74, 6) is 0. The molecule has 0 spiro atoms. The molecule has 0 amide bonds. The molecule has 1 aromatic heterocycles. The Morgan fingerprint density at radius 3 is 3.06 bits per heavy atom. The molecule has 18 heavy (non-hydrogen) atoms. The van der Waals surface area contributed by atoms with E-state index in [1.54, 1.807) is 0 Å². The topological polar surface area (TPSA) is 21.3 Å². The van der Waals surface area contributed by atoms with Gasteiger partial charge in [-0.1, -0.05) is 6.92 Å². The van der Waals surface area contributed by atoms with Crippen LogP contribution in [0.2, 0.25) is 0 Å². The van der Waals surface area contributed by atoms with Gasteiger partial charge in [-0.15, -0.1) is 11.3 Å². The van der Waals surface area contributed by atoms with Crippen LogP contribution in [-0.2, 0) is 11.2 Å². The van der Waals surface area contributed by atoms with Crippen LogP contribution >= 0.6 is 27.3 Å². The third-order valence-corrected chi connectivity index (χ3v) is 5.37. The van der Waals surface area contributed by atoms with Crippen molar-refractivity contribution in [3.8, 4) is 0 Å². The maximum absolute atomic E-state index is 5.95. The molecule has 2 rings (SSSR count). The molecule has 0 aliphatic carbocycles. The molecule has 0 saturated carbocycles. The fourth-order valence-electron chi connectivity index (χ4n) is 2.42. The second kappa shape index (κ2) is 7.63. The molecule has 2 unspecified atom stereocenters. The number of rotatable bonds is 6. The maximum atomic E-state index is 5.95. The van der Waals surface area contributed by atoms with Crippen molar-refractivity contribution in [3.63, 3.8) is 0 Å². The summed E-state index contributed by atoms with van der Waals surface area (Å²) in [4.78, 5) is 1.43. The molecular weight excluding hydrogens is 310 g/mol. The zero-order valence-electron chi connectivity index (χ0n) is 11.0. The van der Waals surface area contributed by atoms with Gasteiger partial charge in [0.25, 0.3) is 0 Å². The van der Waals surface area contributed by atoms with Gasteiger partial charge < -0.3 is 10.1 Å². The molecule has 1 saturated heterocycles. The van der Waals surface area contributed by atoms with Crippen LogP contribution in [0.1, 0.15) is 37.5 Å². The standard InChI is InChI=1S/C14H22BrNOS/c1-2-7-16-12(13-5-3-4-8-17-13)10-14-11(15)6-9-18-14/h6,9,12-13,16H,2-5,7-8,10H2,1H3. The largest absolute Gasteiger partial charge is 0.377 e. The second-order valence-corrected chi connectivity index (χ2v) is 6.72. The smallest absolute Gasteiger partial charge is 0.0731 e. The van der Waals surface area contributed by atoms with E-state index in [-0.39, 0.29) is 0 Å². The van der Waals surface area contributed by atoms with Crippen LogP contribution < -0.4 is 5.32 Å². The van der Waals surface area contributed by atoms with Crippen molar-refractivity contribution in [2.24, 2.45) is 0 Å². The molecule has 102 valence electrons. The van der Waals surface area contributed by atoms with E-state index in [1.165, 1.54) is 35.0 Å². The molecular formula is C14H22BrNOS. The Morgan fingerprint density at radius 2 is 2.44 bits per heavy atom. The maximum Gasteiger partial charge on any atom is 0.0731 e. The van der Waals surface area contributed by atoms with Crippen molar-refractivity contribution in [1.29, 1.82) is 0 Å². The summed E-state index contributed by atoms with van der Waals surface area (Å²) < 4.78 is 7.19. The van der Waals surface area contributed by atoms with E-state index >= 15 is 0 Å². The van der Waals surface area contributed by atoms with E-state index in [4.69, 9.17) is 4.74 Å². The summed E-state index contributed by atoms with van der Waals surface area (Å²) in [6.07, 6.45) is 6.36. The number of hydrogen-bond acceptors (Lipinski definition) is 3. The minimum atomic E-state index is 0.388. The first-order valence-corrected chi connectivity index (χ1v) is 8.55. The summed E-state index contributed by atoms with van der Waals surface area (Å²) >= 11 is 5.46. The highest BCUT2D eigenvalue weighted by Gasteiger charge is 2.25. The van der Waals surface area contributed by atoms with Crippen LogP contribution in [-0.4, -0.2) is 25.3 Å². The first kappa shape index (κ1) is 14.5. The van der Waals surface area contributed by atoms with Crippen LogP contribution in [0.5, 0.6) is 0 Å². The quantitative estimate of drug-likeness (QED) is 0.850. The molecule has 1 aliphatic rings. The summed E-state index contributed by atoms with van der Waals surface area (Å²) in [5.41, 5.74) is 0. The minimum absolute atomic E-state index is 0.388. The Balaban J connectivity index is 1.97. The van der Waals surface area contributed by atoms with Crippen LogP contribution in [0.4, 0.5) is 0 Å². The molecule has 2 heterocycles. The average molecular weight is 332 g/mol. The summed E-state index contributed by atoms with van der Waals surface area (Å²) in [6, 6.07) is 2.60. The molecule has 0 radical (unpaired) electrons. The first-order chi connectivity index (χ1) is 8.81. The third-order valence-electron chi connectivity index (χ3n) is 3.42. The van der Waals surface area contributed by atoms with Gasteiger partial charge >= 0.3 is 0 Å². The van der Waals surface area contributed by atoms with Crippen molar-refractivity contribution >= 4 is 27.3 Å². The number of ether oxygens (including phenoxy) is 1. The molecule has 1 aromatic rings. The van der Waals surface area contributed by atoms with Gasteiger partial charge in [0.1, 0.15) is 0 Å². The van der Waals surface area contributed by atoms with Gasteiger partial charge in [-0.2, -0.15) is 0 Å². The van der Waals surface area contributed by atoms with Crippen molar-refractivity contribution in [3.05, 3.63) is 20.8 Å². The SMILES string of the molecule is CCCNC(Cc1sccc1Br)C1CCCCO1. The lowest BCUT2D eigenvalue weighted by atomic mass is 9.99. The molecule has 1 N–H and O–H groups in total. The number of halogens is 1. The average Bonchev–Trinajstić information content (AvgIpc) is 2.81. The molecule has 0 bridgehead atoms. The fourth-order valence-corrected chi connectivity index (χ4v) is 3.99. The Bertz CT molecular complexity index is 349. The lowest BCUT2D eigenvalue weighted by molar-refractivity contribution is -0.00724. The van der Waals surface area contributed by atoms with Gasteiger partial charge in [0.05, 0.1) is 6.10 Å². The number of nitrogens with one attached hydrogen (secondary N) is 1. The van der Waals surface area contributed by atoms with Gasteiger partial charge in [-0.25, -0.2) is 0 Å². The van der Waals surface area contributed by atoms with E-state index in [1.807, 2.05) is 11.3 Å². The van der Waals surface area contributed by atoms with E-state index in [2.05, 4.69) is 39.6 Å². The Morgan fingerprint density at radius 1 is 1.56 bits per heavy atom. The normalized spacial score (nSPS) is 22.0. The van der Waals surface area contributed by atoms with Gasteiger partial charge in [0.15, 0.2) is 0 Å². The summed E-state index contributed by atoms with van der Waals surface area (Å²) in [5, 5.41) is 5.82. The highest BCUT2D eigenvalue weighted by atomic mass is 79.9. The van der Waals surface area contributed by atoms with Crippen LogP contribution in [0.15, 0.2) is 15.9 Å². The van der Waals surface area contributed by atoms with Crippen molar-refractivity contribution in [2.45, 2.75) is 51.2 Å². The van der Waals surface area contributed by atoms with Gasteiger partial charge in [0, 0.05) is 28.4 Å². The van der Waals surface area contributed by atoms with E-state index in [9.17, 15) is 0 Å². The Labute approximate surface area is 122 Å². The predicted octanol–water partition coefficient (Wildman–Crippen LogP) is 3.99. The number of hydrogen-bond donors (Lipinski definition) is 1. The summed E-state index contributed by atoms with van der Waals surface area (Å²) in [7, 11) is 0. The van der Waals surface area contributed by atoms with Gasteiger partial charge in [-0.05, 0) is 59.6 Å². The monoisotopic (exact) mass is 331 g/mol. The molecule has 1 fully saturated rings. The van der Waals surface area contributed by atoms with Crippen molar-refractivity contribution in [1.82, 2.24) is 5.32 Å². The van der Waals surface area contributed by atoms with Gasteiger partial charge in [0.2, 0.25) is 0 Å². The van der Waals surface area contributed by atoms with Gasteiger partial charge in [-0.3, -0.25) is 0 Å². The first-order valence-electron chi connectivity index (χ1n) is 6.88. The van der Waals surface area contributed by atoms with E-state index < -0.39 is 0 Å². The van der Waals surface area contributed by atoms with Crippen molar-refractivity contribution < 1.29 is 4.74 Å². The fraction of sp³-hybridized carbons (Fsp3) is 0.714. The lowest BCUT2D eigenvalue weighted by Gasteiger charge is -2.31. The minimum Gasteiger partial charge on any atom is -0.377 e. The molecule has 0 aromatic carbocycles. The van der Waals surface area contributed by atoms with E-state index in [0.717, 1.165) is 19.6 Å². The zero-order chi connectivity index (χ0) is 12.8. The summed E-state index contributed by atoms with van der Waals surface area (Å²) in [6.45, 7) is 4.22. The van der Waals surface area contributed by atoms with Crippen molar-refractivity contribution in [2.75, 3.05) is 13.2 Å². The third kappa shape index (κ3) is 4.05. The lowest BCUT2D eigenvalue weighted by Crippen LogP contribution is -2.44. The number of thiophene rings is 1. The Kier molecular flexibility index (Phi) is 6.15. The highest BCUT2D eigenvalue weighted by Crippen LogP contribution is 2.26. The second-order valence-electron chi connectivity index (χ2n) is 4.86. The molecule has 1 aliphatic heterocycles. The highest BCUT2D eigenvalue weighted by molar-refractivity contribution is 9.10.